The number of hydrogen-bond donors (Lipinski definition) is 5. The minimum atomic E-state index is -1.31. The molecule has 10 heteroatoms. The number of primary amides is 1. The number of nitrogens with one attached hydrogen (secondary N) is 2. The molecular formula is C17H22N4O6. The molecule has 0 aromatic heterocycles. The molecule has 0 aliphatic carbocycles. The molecule has 1 atom stereocenters. The molecule has 1 heterocycles. The molecular weight excluding hydrogens is 356 g/mol. The van der Waals surface area contributed by atoms with Gasteiger partial charge in [0, 0.05) is 6.42 Å². The summed E-state index contributed by atoms with van der Waals surface area (Å²) in [6.45, 7) is 1.74. The monoisotopic (exact) mass is 378 g/mol. The lowest BCUT2D eigenvalue weighted by atomic mass is 9.75. The van der Waals surface area contributed by atoms with Gasteiger partial charge >= 0.3 is 12.0 Å². The number of carboxylic acid groups (broad SMARTS) is 1. The van der Waals surface area contributed by atoms with Gasteiger partial charge in [-0.15, -0.1) is 0 Å². The summed E-state index contributed by atoms with van der Waals surface area (Å²) in [5, 5.41) is 12.5. The molecule has 0 saturated carbocycles. The molecule has 1 aromatic carbocycles. The van der Waals surface area contributed by atoms with Crippen LogP contribution in [0.1, 0.15) is 31.7 Å². The quantitative estimate of drug-likeness (QED) is 0.408. The summed E-state index contributed by atoms with van der Waals surface area (Å²) < 4.78 is 0. The van der Waals surface area contributed by atoms with Crippen LogP contribution in [0.15, 0.2) is 30.3 Å². The molecule has 146 valence electrons. The van der Waals surface area contributed by atoms with Crippen LogP contribution in [0.5, 0.6) is 0 Å². The minimum Gasteiger partial charge on any atom is -0.480 e. The van der Waals surface area contributed by atoms with Crippen LogP contribution in [-0.4, -0.2) is 40.9 Å². The first kappa shape index (κ1) is 21.8. The number of hydrogen-bond acceptors (Lipinski definition) is 6. The highest BCUT2D eigenvalue weighted by atomic mass is 16.4. The number of rotatable bonds is 6. The molecule has 7 N–H and O–H groups in total. The van der Waals surface area contributed by atoms with Gasteiger partial charge in [0.05, 0.1) is 0 Å². The minimum absolute atomic E-state index is 0.0213. The van der Waals surface area contributed by atoms with Crippen LogP contribution in [0.4, 0.5) is 4.79 Å². The highest BCUT2D eigenvalue weighted by molar-refractivity contribution is 6.22. The zero-order valence-corrected chi connectivity index (χ0v) is 14.7. The summed E-state index contributed by atoms with van der Waals surface area (Å²) in [7, 11) is 0. The number of carbonyl (C=O) groups excluding carboxylic acids is 4. The third kappa shape index (κ3) is 5.35. The van der Waals surface area contributed by atoms with Gasteiger partial charge < -0.3 is 16.6 Å². The highest BCUT2D eigenvalue weighted by Crippen LogP contribution is 2.30. The molecule has 1 aromatic rings. The first-order valence-electron chi connectivity index (χ1n) is 8.14. The standard InChI is InChI=1S/C12H12N2O3.C5H10N2O3/c1-2-12(8-6-4-3-5-7-8)9(15)13-11(17)14-10(12)16;6-3(5(9)10)1-2-4(7)8/h3-7H,2H2,1H3,(H2,13,14,15,16,17);3H,1-2,6H2,(H2,7,8)(H,9,10). The van der Waals surface area contributed by atoms with Crippen LogP contribution in [-0.2, 0) is 24.6 Å². The van der Waals surface area contributed by atoms with Gasteiger partial charge in [-0.2, -0.15) is 0 Å². The van der Waals surface area contributed by atoms with Gasteiger partial charge in [-0.3, -0.25) is 29.8 Å². The number of aliphatic carboxylic acids is 1. The Morgan fingerprint density at radius 2 is 1.63 bits per heavy atom. The van der Waals surface area contributed by atoms with E-state index in [1.54, 1.807) is 37.3 Å². The number of benzene rings is 1. The smallest absolute Gasteiger partial charge is 0.328 e. The predicted molar refractivity (Wildman–Crippen MR) is 94.1 cm³/mol. The Bertz CT molecular complexity index is 714. The van der Waals surface area contributed by atoms with E-state index < -0.39 is 41.2 Å². The summed E-state index contributed by atoms with van der Waals surface area (Å²) >= 11 is 0. The second-order valence-corrected chi connectivity index (χ2v) is 5.81. The number of carboxylic acids is 1. The van der Waals surface area contributed by atoms with Crippen molar-refractivity contribution in [3.05, 3.63) is 35.9 Å². The summed E-state index contributed by atoms with van der Waals surface area (Å²) in [5.74, 6) is -2.78. The third-order valence-corrected chi connectivity index (χ3v) is 4.05. The average Bonchev–Trinajstić information content (AvgIpc) is 2.61. The van der Waals surface area contributed by atoms with E-state index in [-0.39, 0.29) is 12.8 Å². The molecule has 1 aliphatic rings. The number of urea groups is 1. The van der Waals surface area contributed by atoms with Crippen molar-refractivity contribution < 1.29 is 29.1 Å². The molecule has 2 rings (SSSR count). The van der Waals surface area contributed by atoms with E-state index in [0.717, 1.165) is 0 Å². The molecule has 1 saturated heterocycles. The van der Waals surface area contributed by atoms with Gasteiger partial charge in [-0.05, 0) is 18.4 Å². The fourth-order valence-corrected chi connectivity index (χ4v) is 2.49. The van der Waals surface area contributed by atoms with Crippen LogP contribution in [0.25, 0.3) is 0 Å². The normalized spacial score (nSPS) is 16.3. The Balaban J connectivity index is 0.000000314. The lowest BCUT2D eigenvalue weighted by Crippen LogP contribution is -2.64. The van der Waals surface area contributed by atoms with Crippen molar-refractivity contribution in [3.8, 4) is 0 Å². The van der Waals surface area contributed by atoms with E-state index in [9.17, 15) is 24.0 Å². The van der Waals surface area contributed by atoms with Crippen molar-refractivity contribution in [1.29, 1.82) is 0 Å². The Morgan fingerprint density at radius 3 is 2.04 bits per heavy atom. The van der Waals surface area contributed by atoms with Gasteiger partial charge in [0.1, 0.15) is 6.04 Å². The van der Waals surface area contributed by atoms with Crippen LogP contribution < -0.4 is 22.1 Å². The van der Waals surface area contributed by atoms with Crippen molar-refractivity contribution in [2.45, 2.75) is 37.6 Å². The Kier molecular flexibility index (Phi) is 7.61. The number of nitrogens with two attached hydrogens (primary N) is 2. The van der Waals surface area contributed by atoms with E-state index in [2.05, 4.69) is 10.6 Å². The molecule has 1 aliphatic heterocycles. The van der Waals surface area contributed by atoms with E-state index in [0.29, 0.717) is 12.0 Å². The topological polar surface area (TPSA) is 182 Å². The number of amides is 5. The zero-order valence-electron chi connectivity index (χ0n) is 14.7. The van der Waals surface area contributed by atoms with Crippen LogP contribution in [0, 0.1) is 0 Å². The van der Waals surface area contributed by atoms with Crippen molar-refractivity contribution in [2.24, 2.45) is 11.5 Å². The lowest BCUT2D eigenvalue weighted by molar-refractivity contribution is -0.140. The number of carbonyl (C=O) groups is 5. The molecule has 27 heavy (non-hydrogen) atoms. The Morgan fingerprint density at radius 1 is 1.11 bits per heavy atom. The lowest BCUT2D eigenvalue weighted by Gasteiger charge is -2.33. The molecule has 10 nitrogen and oxygen atoms in total. The molecule has 0 radical (unpaired) electrons. The zero-order chi connectivity index (χ0) is 20.6. The van der Waals surface area contributed by atoms with Crippen LogP contribution in [0.3, 0.4) is 0 Å². The maximum Gasteiger partial charge on any atom is 0.328 e. The van der Waals surface area contributed by atoms with Gasteiger partial charge in [-0.25, -0.2) is 4.79 Å². The van der Waals surface area contributed by atoms with Gasteiger partial charge in [0.2, 0.25) is 17.7 Å². The first-order valence-corrected chi connectivity index (χ1v) is 8.14. The van der Waals surface area contributed by atoms with Gasteiger partial charge in [0.25, 0.3) is 0 Å². The summed E-state index contributed by atoms with van der Waals surface area (Å²) in [5.41, 5.74) is 9.09. The molecule has 0 bridgehead atoms. The second kappa shape index (κ2) is 9.43. The van der Waals surface area contributed by atoms with Crippen LogP contribution >= 0.6 is 0 Å². The first-order chi connectivity index (χ1) is 12.6. The fourth-order valence-electron chi connectivity index (χ4n) is 2.49. The average molecular weight is 378 g/mol. The molecule has 1 fully saturated rings. The SMILES string of the molecule is CCC1(c2ccccc2)C(=O)NC(=O)NC1=O.NC(=O)CCC(N)C(=O)O. The van der Waals surface area contributed by atoms with Crippen LogP contribution in [0.2, 0.25) is 0 Å². The van der Waals surface area contributed by atoms with E-state index >= 15 is 0 Å². The summed E-state index contributed by atoms with van der Waals surface area (Å²) in [6.07, 6.45) is 0.417. The van der Waals surface area contributed by atoms with Gasteiger partial charge in [0.15, 0.2) is 5.41 Å². The predicted octanol–water partition coefficient (Wildman–Crippen LogP) is -0.636. The largest absolute Gasteiger partial charge is 0.480 e. The Hall–Kier alpha value is -3.27. The molecule has 1 unspecified atom stereocenters. The highest BCUT2D eigenvalue weighted by Gasteiger charge is 2.50. The van der Waals surface area contributed by atoms with Crippen molar-refractivity contribution in [3.63, 3.8) is 0 Å². The maximum atomic E-state index is 12.0. The van der Waals surface area contributed by atoms with Crippen molar-refractivity contribution in [2.75, 3.05) is 0 Å². The summed E-state index contributed by atoms with van der Waals surface area (Å²) in [4.78, 5) is 55.1. The van der Waals surface area contributed by atoms with Crippen molar-refractivity contribution >= 4 is 29.7 Å². The third-order valence-electron chi connectivity index (χ3n) is 4.05. The van der Waals surface area contributed by atoms with Crippen molar-refractivity contribution in [1.82, 2.24) is 10.6 Å². The Labute approximate surface area is 155 Å². The number of barbiturate groups is 1. The molecule has 5 amide bonds. The van der Waals surface area contributed by atoms with E-state index in [1.165, 1.54) is 0 Å². The van der Waals surface area contributed by atoms with E-state index in [4.69, 9.17) is 16.6 Å². The fraction of sp³-hybridized carbons (Fsp3) is 0.353. The summed E-state index contributed by atoms with van der Waals surface area (Å²) in [6, 6.07) is 6.98. The van der Waals surface area contributed by atoms with Gasteiger partial charge in [-0.1, -0.05) is 37.3 Å². The second-order valence-electron chi connectivity index (χ2n) is 5.81. The number of imide groups is 2. The molecule has 0 spiro atoms. The van der Waals surface area contributed by atoms with E-state index in [1.807, 2.05) is 0 Å². The maximum absolute atomic E-state index is 12.0.